The van der Waals surface area contributed by atoms with Crippen LogP contribution in [0.5, 0.6) is 0 Å². The van der Waals surface area contributed by atoms with Crippen molar-refractivity contribution >= 4 is 11.5 Å². The van der Waals surface area contributed by atoms with E-state index in [0.29, 0.717) is 12.0 Å². The van der Waals surface area contributed by atoms with Crippen molar-refractivity contribution in [3.8, 4) is 0 Å². The molecule has 0 radical (unpaired) electrons. The molecule has 6 nitrogen and oxygen atoms in total. The van der Waals surface area contributed by atoms with Gasteiger partial charge in [0.15, 0.2) is 0 Å². The molecule has 2 fully saturated rings. The van der Waals surface area contributed by atoms with E-state index in [1.807, 2.05) is 7.05 Å². The molecule has 0 spiro atoms. The second-order valence-corrected chi connectivity index (χ2v) is 9.10. The number of nitrogen functional groups attached to an aromatic ring is 1. The maximum atomic E-state index is 13.3. The van der Waals surface area contributed by atoms with Crippen molar-refractivity contribution in [2.75, 3.05) is 39.1 Å². The van der Waals surface area contributed by atoms with Crippen molar-refractivity contribution in [1.29, 1.82) is 5.41 Å². The van der Waals surface area contributed by atoms with Crippen LogP contribution in [0.15, 0.2) is 24.0 Å². The Morgan fingerprint density at radius 1 is 1.31 bits per heavy atom. The van der Waals surface area contributed by atoms with E-state index < -0.39 is 17.6 Å². The topological polar surface area (TPSA) is 78.5 Å². The van der Waals surface area contributed by atoms with Crippen molar-refractivity contribution in [3.05, 3.63) is 35.2 Å². The van der Waals surface area contributed by atoms with Gasteiger partial charge in [-0.05, 0) is 44.7 Å². The second kappa shape index (κ2) is 9.79. The van der Waals surface area contributed by atoms with E-state index in [4.69, 9.17) is 15.9 Å². The number of halogens is 3. The number of ether oxygens (including phenoxy) is 1. The Kier molecular flexibility index (Phi) is 7.50. The molecule has 0 amide bonds. The van der Waals surface area contributed by atoms with Crippen LogP contribution in [0.2, 0.25) is 0 Å². The van der Waals surface area contributed by atoms with Crippen LogP contribution in [0.25, 0.3) is 0 Å². The summed E-state index contributed by atoms with van der Waals surface area (Å²) in [5.41, 5.74) is 5.52. The molecule has 3 N–H and O–H groups in total. The Bertz CT molecular complexity index is 849. The lowest BCUT2D eigenvalue weighted by Gasteiger charge is -2.37. The summed E-state index contributed by atoms with van der Waals surface area (Å²) in [6.45, 7) is 9.74. The number of hydrogen-bond acceptors (Lipinski definition) is 6. The van der Waals surface area contributed by atoms with E-state index in [2.05, 4.69) is 35.6 Å². The lowest BCUT2D eigenvalue weighted by molar-refractivity contribution is -0.137. The summed E-state index contributed by atoms with van der Waals surface area (Å²) in [6, 6.07) is 1.55. The van der Waals surface area contributed by atoms with Gasteiger partial charge in [-0.15, -0.1) is 0 Å². The monoisotopic (exact) mass is 453 g/mol. The van der Waals surface area contributed by atoms with Gasteiger partial charge in [0.25, 0.3) is 0 Å². The lowest BCUT2D eigenvalue weighted by atomic mass is 9.89. The maximum Gasteiger partial charge on any atom is 0.419 e. The molecule has 1 saturated carbocycles. The molecule has 3 unspecified atom stereocenters. The molecule has 3 atom stereocenters. The maximum absolute atomic E-state index is 13.3. The molecule has 178 valence electrons. The fourth-order valence-electron chi connectivity index (χ4n) is 4.84. The van der Waals surface area contributed by atoms with Crippen LogP contribution in [0, 0.1) is 17.2 Å². The highest BCUT2D eigenvalue weighted by Gasteiger charge is 2.40. The molecule has 1 aliphatic carbocycles. The van der Waals surface area contributed by atoms with Gasteiger partial charge >= 0.3 is 6.18 Å². The lowest BCUT2D eigenvalue weighted by Crippen LogP contribution is -2.45. The Hall–Kier alpha value is -2.13. The molecule has 0 aromatic carbocycles. The zero-order valence-electron chi connectivity index (χ0n) is 19.2. The fraction of sp³-hybridized carbons (Fsp3) is 0.652. The number of morpholine rings is 1. The molecule has 2 heterocycles. The number of allylic oxidation sites excluding steroid dienone is 2. The number of nitrogens with zero attached hydrogens (tertiary/aromatic N) is 3. The van der Waals surface area contributed by atoms with Gasteiger partial charge in [-0.2, -0.15) is 13.2 Å². The number of nitrogens with one attached hydrogen (secondary N) is 1. The highest BCUT2D eigenvalue weighted by Crippen LogP contribution is 2.41. The third kappa shape index (κ3) is 5.26. The van der Waals surface area contributed by atoms with Crippen LogP contribution >= 0.6 is 0 Å². The van der Waals surface area contributed by atoms with Crippen LogP contribution in [0.1, 0.15) is 44.7 Å². The minimum Gasteiger partial charge on any atom is -0.383 e. The van der Waals surface area contributed by atoms with E-state index in [0.717, 1.165) is 50.9 Å². The fourth-order valence-corrected chi connectivity index (χ4v) is 4.84. The Morgan fingerprint density at radius 2 is 1.97 bits per heavy atom. The second-order valence-electron chi connectivity index (χ2n) is 9.10. The summed E-state index contributed by atoms with van der Waals surface area (Å²) in [7, 11) is 1.99. The Balaban J connectivity index is 1.90. The van der Waals surface area contributed by atoms with Gasteiger partial charge in [0.05, 0.1) is 24.5 Å². The number of rotatable bonds is 6. The minimum atomic E-state index is -4.61. The van der Waals surface area contributed by atoms with Crippen molar-refractivity contribution in [3.63, 3.8) is 0 Å². The number of pyridine rings is 1. The highest BCUT2D eigenvalue weighted by molar-refractivity contribution is 6.07. The molecular weight excluding hydrogens is 419 g/mol. The van der Waals surface area contributed by atoms with Crippen molar-refractivity contribution < 1.29 is 17.9 Å². The number of hydrogen-bond donors (Lipinski definition) is 2. The largest absolute Gasteiger partial charge is 0.419 e. The number of nitrogens with two attached hydrogens (primary N) is 1. The van der Waals surface area contributed by atoms with Crippen molar-refractivity contribution in [1.82, 2.24) is 14.8 Å². The van der Waals surface area contributed by atoms with E-state index in [1.165, 1.54) is 6.20 Å². The van der Waals surface area contributed by atoms with Crippen LogP contribution in [0.4, 0.5) is 19.0 Å². The van der Waals surface area contributed by atoms with Gasteiger partial charge in [0, 0.05) is 55.6 Å². The van der Waals surface area contributed by atoms with Gasteiger partial charge in [-0.3, -0.25) is 4.90 Å². The molecule has 3 rings (SSSR count). The van der Waals surface area contributed by atoms with Crippen LogP contribution in [-0.2, 0) is 10.9 Å². The zero-order valence-corrected chi connectivity index (χ0v) is 19.2. The van der Waals surface area contributed by atoms with Crippen molar-refractivity contribution in [2.24, 2.45) is 11.8 Å². The van der Waals surface area contributed by atoms with E-state index in [-0.39, 0.29) is 23.2 Å². The molecule has 1 aromatic heterocycles. The van der Waals surface area contributed by atoms with Crippen molar-refractivity contribution in [2.45, 2.75) is 51.9 Å². The predicted octanol–water partition coefficient (Wildman–Crippen LogP) is 4.02. The molecular formula is C23H34F3N5O. The SMILES string of the molecule is CC1C(/C(=C/C(=N)c2cnc(N)c(C(F)(F)F)c2)N(C)C(C)C)CCC1N1CCOCC1. The first-order valence-corrected chi connectivity index (χ1v) is 11.2. The smallest absolute Gasteiger partial charge is 0.383 e. The third-order valence-corrected chi connectivity index (χ3v) is 6.92. The summed E-state index contributed by atoms with van der Waals surface area (Å²) < 4.78 is 45.3. The van der Waals surface area contributed by atoms with Crippen LogP contribution < -0.4 is 5.73 Å². The van der Waals surface area contributed by atoms with Crippen LogP contribution in [0.3, 0.4) is 0 Å². The van der Waals surface area contributed by atoms with E-state index in [1.54, 1.807) is 6.08 Å². The standard InChI is InChI=1S/C23H34F3N5O/c1-14(2)30(4)21(17-5-6-20(15(17)3)31-7-9-32-10-8-31)12-19(27)16-11-18(23(24,25)26)22(28)29-13-16/h11-15,17,20,27H,5-10H2,1-4H3,(H2,28,29)/b21-12-,27-19?. The van der Waals surface area contributed by atoms with Gasteiger partial charge < -0.3 is 20.8 Å². The molecule has 1 aromatic rings. The number of alkyl halides is 3. The van der Waals surface area contributed by atoms with Gasteiger partial charge in [0.2, 0.25) is 0 Å². The average molecular weight is 454 g/mol. The average Bonchev–Trinajstić information content (AvgIpc) is 3.12. The summed E-state index contributed by atoms with van der Waals surface area (Å²) in [6.07, 6.45) is 0.387. The van der Waals surface area contributed by atoms with Gasteiger partial charge in [-0.25, -0.2) is 4.98 Å². The molecule has 0 bridgehead atoms. The first-order valence-electron chi connectivity index (χ1n) is 11.2. The summed E-state index contributed by atoms with van der Waals surface area (Å²) in [4.78, 5) is 8.32. The minimum absolute atomic E-state index is 0.00697. The first-order chi connectivity index (χ1) is 15.0. The van der Waals surface area contributed by atoms with Gasteiger partial charge in [-0.1, -0.05) is 6.92 Å². The van der Waals surface area contributed by atoms with Gasteiger partial charge in [0.1, 0.15) is 5.82 Å². The molecule has 9 heteroatoms. The molecule has 1 aliphatic heterocycles. The summed E-state index contributed by atoms with van der Waals surface area (Å²) in [5.74, 6) is 0.0124. The Labute approximate surface area is 188 Å². The zero-order chi connectivity index (χ0) is 23.6. The highest BCUT2D eigenvalue weighted by atomic mass is 19.4. The molecule has 2 aliphatic rings. The predicted molar refractivity (Wildman–Crippen MR) is 120 cm³/mol. The Morgan fingerprint density at radius 3 is 2.56 bits per heavy atom. The summed E-state index contributed by atoms with van der Waals surface area (Å²) in [5, 5.41) is 8.56. The van der Waals surface area contributed by atoms with E-state index >= 15 is 0 Å². The normalized spacial score (nSPS) is 25.4. The quantitative estimate of drug-likeness (QED) is 0.636. The number of aromatic nitrogens is 1. The number of anilines is 1. The first kappa shape index (κ1) is 24.5. The molecule has 1 saturated heterocycles. The molecule has 32 heavy (non-hydrogen) atoms. The van der Waals surface area contributed by atoms with Crippen LogP contribution in [-0.4, -0.2) is 65.9 Å². The summed E-state index contributed by atoms with van der Waals surface area (Å²) >= 11 is 0. The van der Waals surface area contributed by atoms with E-state index in [9.17, 15) is 13.2 Å². The third-order valence-electron chi connectivity index (χ3n) is 6.92.